The smallest absolute Gasteiger partial charge is 0.247 e. The van der Waals surface area contributed by atoms with Gasteiger partial charge in [0, 0.05) is 16.6 Å². The summed E-state index contributed by atoms with van der Waals surface area (Å²) < 4.78 is 5.84. The van der Waals surface area contributed by atoms with Gasteiger partial charge in [-0.05, 0) is 50.6 Å². The van der Waals surface area contributed by atoms with Crippen molar-refractivity contribution in [3.05, 3.63) is 70.6 Å². The molecule has 24 heavy (non-hydrogen) atoms. The van der Waals surface area contributed by atoms with Crippen molar-refractivity contribution >= 4 is 11.6 Å². The highest BCUT2D eigenvalue weighted by Crippen LogP contribution is 2.24. The number of rotatable bonds is 5. The Labute approximate surface area is 146 Å². The molecule has 1 N–H and O–H groups in total. The van der Waals surface area contributed by atoms with Crippen LogP contribution in [-0.2, 0) is 0 Å². The third-order valence-corrected chi connectivity index (χ3v) is 4.20. The lowest BCUT2D eigenvalue weighted by molar-refractivity contribution is 0.395. The van der Waals surface area contributed by atoms with Gasteiger partial charge in [-0.1, -0.05) is 41.4 Å². The van der Waals surface area contributed by atoms with Crippen LogP contribution < -0.4 is 5.32 Å². The molecule has 0 aliphatic heterocycles. The maximum Gasteiger partial charge on any atom is 0.247 e. The van der Waals surface area contributed by atoms with Gasteiger partial charge in [0.15, 0.2) is 0 Å². The summed E-state index contributed by atoms with van der Waals surface area (Å²) in [6, 6.07) is 15.9. The molecule has 0 radical (unpaired) electrons. The fourth-order valence-corrected chi connectivity index (χ4v) is 2.72. The van der Waals surface area contributed by atoms with Crippen LogP contribution in [0.25, 0.3) is 11.5 Å². The standard InChI is InChI=1S/C19H20ClN3O/c1-12-5-4-6-16(11-12)19-23-22-18(24-19)14(3)21-13(2)15-7-9-17(20)10-8-15/h4-11,13-14,21H,1-3H3/t13-,14-/m0/s1. The van der Waals surface area contributed by atoms with Crippen LogP contribution in [-0.4, -0.2) is 10.2 Å². The molecule has 3 aromatic rings. The summed E-state index contributed by atoms with van der Waals surface area (Å²) in [6.07, 6.45) is 0. The second-order valence-corrected chi connectivity index (χ2v) is 6.41. The maximum absolute atomic E-state index is 5.94. The molecule has 1 aromatic heterocycles. The SMILES string of the molecule is Cc1cccc(-c2nnc([C@H](C)N[C@@H](C)c3ccc(Cl)cc3)o2)c1. The Kier molecular flexibility index (Phi) is 4.97. The number of nitrogens with one attached hydrogen (secondary N) is 1. The van der Waals surface area contributed by atoms with Crippen LogP contribution >= 0.6 is 11.6 Å². The van der Waals surface area contributed by atoms with Crippen LogP contribution in [0.15, 0.2) is 52.9 Å². The largest absolute Gasteiger partial charge is 0.419 e. The van der Waals surface area contributed by atoms with Gasteiger partial charge in [-0.2, -0.15) is 0 Å². The first-order valence-electron chi connectivity index (χ1n) is 7.95. The summed E-state index contributed by atoms with van der Waals surface area (Å²) in [5.41, 5.74) is 3.26. The lowest BCUT2D eigenvalue weighted by atomic mass is 10.1. The molecule has 124 valence electrons. The molecule has 0 aliphatic rings. The quantitative estimate of drug-likeness (QED) is 0.700. The van der Waals surface area contributed by atoms with Gasteiger partial charge in [-0.25, -0.2) is 0 Å². The zero-order chi connectivity index (χ0) is 17.1. The molecule has 0 amide bonds. The molecular weight excluding hydrogens is 322 g/mol. The highest BCUT2D eigenvalue weighted by atomic mass is 35.5. The third-order valence-electron chi connectivity index (χ3n) is 3.95. The molecule has 1 heterocycles. The Bertz CT molecular complexity index is 813. The van der Waals surface area contributed by atoms with Crippen molar-refractivity contribution < 1.29 is 4.42 Å². The molecule has 4 nitrogen and oxygen atoms in total. The zero-order valence-electron chi connectivity index (χ0n) is 14.0. The number of hydrogen-bond acceptors (Lipinski definition) is 4. The fraction of sp³-hybridized carbons (Fsp3) is 0.263. The lowest BCUT2D eigenvalue weighted by Gasteiger charge is -2.17. The van der Waals surface area contributed by atoms with E-state index in [0.717, 1.165) is 21.7 Å². The van der Waals surface area contributed by atoms with Crippen molar-refractivity contribution in [3.8, 4) is 11.5 Å². The van der Waals surface area contributed by atoms with Crippen LogP contribution in [0.3, 0.4) is 0 Å². The molecule has 2 atom stereocenters. The highest BCUT2D eigenvalue weighted by Gasteiger charge is 2.17. The number of nitrogens with zero attached hydrogens (tertiary/aromatic N) is 2. The molecule has 0 unspecified atom stereocenters. The van der Waals surface area contributed by atoms with E-state index in [-0.39, 0.29) is 12.1 Å². The van der Waals surface area contributed by atoms with Gasteiger partial charge in [0.1, 0.15) is 0 Å². The van der Waals surface area contributed by atoms with E-state index in [2.05, 4.69) is 22.4 Å². The number of aryl methyl sites for hydroxylation is 1. The van der Waals surface area contributed by atoms with Crippen molar-refractivity contribution in [2.24, 2.45) is 0 Å². The Morgan fingerprint density at radius 2 is 1.75 bits per heavy atom. The molecule has 3 rings (SSSR count). The van der Waals surface area contributed by atoms with Crippen LogP contribution in [0.1, 0.15) is 42.9 Å². The Morgan fingerprint density at radius 3 is 2.46 bits per heavy atom. The van der Waals surface area contributed by atoms with E-state index in [0.29, 0.717) is 11.8 Å². The molecule has 0 fully saturated rings. The summed E-state index contributed by atoms with van der Waals surface area (Å²) >= 11 is 5.94. The third kappa shape index (κ3) is 3.83. The van der Waals surface area contributed by atoms with Crippen molar-refractivity contribution in [1.82, 2.24) is 15.5 Å². The first-order valence-corrected chi connectivity index (χ1v) is 8.32. The molecule has 0 saturated heterocycles. The normalized spacial score (nSPS) is 13.7. The fourth-order valence-electron chi connectivity index (χ4n) is 2.60. The molecule has 0 spiro atoms. The van der Waals surface area contributed by atoms with Gasteiger partial charge in [0.2, 0.25) is 11.8 Å². The Hall–Kier alpha value is -2.17. The summed E-state index contributed by atoms with van der Waals surface area (Å²) in [4.78, 5) is 0. The zero-order valence-corrected chi connectivity index (χ0v) is 14.7. The van der Waals surface area contributed by atoms with Crippen molar-refractivity contribution in [2.45, 2.75) is 32.9 Å². The van der Waals surface area contributed by atoms with E-state index < -0.39 is 0 Å². The van der Waals surface area contributed by atoms with Crippen LogP contribution in [0, 0.1) is 6.92 Å². The second-order valence-electron chi connectivity index (χ2n) is 5.98. The van der Waals surface area contributed by atoms with Gasteiger partial charge >= 0.3 is 0 Å². The summed E-state index contributed by atoms with van der Waals surface area (Å²) in [7, 11) is 0. The average Bonchev–Trinajstić information content (AvgIpc) is 3.05. The van der Waals surface area contributed by atoms with E-state index in [9.17, 15) is 0 Å². The van der Waals surface area contributed by atoms with E-state index in [1.165, 1.54) is 0 Å². The van der Waals surface area contributed by atoms with E-state index >= 15 is 0 Å². The van der Waals surface area contributed by atoms with E-state index in [4.69, 9.17) is 16.0 Å². The van der Waals surface area contributed by atoms with Gasteiger partial charge in [-0.15, -0.1) is 10.2 Å². The van der Waals surface area contributed by atoms with E-state index in [1.807, 2.05) is 62.4 Å². The lowest BCUT2D eigenvalue weighted by Crippen LogP contribution is -2.22. The molecule has 2 aromatic carbocycles. The van der Waals surface area contributed by atoms with Crippen LogP contribution in [0.5, 0.6) is 0 Å². The van der Waals surface area contributed by atoms with Crippen molar-refractivity contribution in [2.75, 3.05) is 0 Å². The number of halogens is 1. The monoisotopic (exact) mass is 341 g/mol. The van der Waals surface area contributed by atoms with Gasteiger partial charge in [0.25, 0.3) is 0 Å². The number of aromatic nitrogens is 2. The van der Waals surface area contributed by atoms with Crippen LogP contribution in [0.2, 0.25) is 5.02 Å². The molecule has 0 aliphatic carbocycles. The topological polar surface area (TPSA) is 51.0 Å². The predicted octanol–water partition coefficient (Wildman–Crippen LogP) is 5.11. The summed E-state index contributed by atoms with van der Waals surface area (Å²) in [5.74, 6) is 1.12. The Morgan fingerprint density at radius 1 is 1.00 bits per heavy atom. The van der Waals surface area contributed by atoms with Crippen LogP contribution in [0.4, 0.5) is 0 Å². The minimum Gasteiger partial charge on any atom is -0.419 e. The summed E-state index contributed by atoms with van der Waals surface area (Å²) in [6.45, 7) is 6.15. The molecule has 0 bridgehead atoms. The summed E-state index contributed by atoms with van der Waals surface area (Å²) in [5, 5.41) is 12.6. The second kappa shape index (κ2) is 7.16. The van der Waals surface area contributed by atoms with Crippen molar-refractivity contribution in [1.29, 1.82) is 0 Å². The average molecular weight is 342 g/mol. The number of benzene rings is 2. The number of hydrogen-bond donors (Lipinski definition) is 1. The van der Waals surface area contributed by atoms with Gasteiger partial charge in [-0.3, -0.25) is 5.32 Å². The maximum atomic E-state index is 5.94. The first kappa shape index (κ1) is 16.7. The van der Waals surface area contributed by atoms with Gasteiger partial charge < -0.3 is 4.42 Å². The van der Waals surface area contributed by atoms with Crippen molar-refractivity contribution in [3.63, 3.8) is 0 Å². The Balaban J connectivity index is 1.71. The molecule has 5 heteroatoms. The minimum absolute atomic E-state index is 0.0539. The van der Waals surface area contributed by atoms with E-state index in [1.54, 1.807) is 0 Å². The minimum atomic E-state index is -0.0539. The van der Waals surface area contributed by atoms with Gasteiger partial charge in [0.05, 0.1) is 6.04 Å². The molecule has 0 saturated carbocycles. The highest BCUT2D eigenvalue weighted by molar-refractivity contribution is 6.30. The first-order chi connectivity index (χ1) is 11.5. The predicted molar refractivity (Wildman–Crippen MR) is 95.9 cm³/mol. The molecular formula is C19H20ClN3O.